The second-order valence-corrected chi connectivity index (χ2v) is 7.78. The number of hydrogen-bond donors (Lipinski definition) is 1. The van der Waals surface area contributed by atoms with Gasteiger partial charge in [-0.25, -0.2) is 8.42 Å². The van der Waals surface area contributed by atoms with Crippen molar-refractivity contribution in [2.24, 2.45) is 0 Å². The van der Waals surface area contributed by atoms with Gasteiger partial charge in [-0.2, -0.15) is 0 Å². The Hall–Kier alpha value is -0.170. The fourth-order valence-electron chi connectivity index (χ4n) is 2.86. The Labute approximate surface area is 124 Å². The first kappa shape index (κ1) is 17.9. The highest BCUT2D eigenvalue weighted by molar-refractivity contribution is 7.91. The van der Waals surface area contributed by atoms with E-state index in [2.05, 4.69) is 24.1 Å². The van der Waals surface area contributed by atoms with E-state index in [9.17, 15) is 8.42 Å². The Morgan fingerprint density at radius 3 is 2.50 bits per heavy atom. The molecule has 0 aliphatic carbocycles. The molecule has 0 aromatic carbocycles. The Morgan fingerprint density at radius 2 is 2.00 bits per heavy atom. The van der Waals surface area contributed by atoms with Gasteiger partial charge in [0.05, 0.1) is 18.1 Å². The van der Waals surface area contributed by atoms with Gasteiger partial charge in [0.2, 0.25) is 0 Å². The van der Waals surface area contributed by atoms with E-state index in [0.717, 1.165) is 45.5 Å². The van der Waals surface area contributed by atoms with Gasteiger partial charge in [-0.15, -0.1) is 0 Å². The highest BCUT2D eigenvalue weighted by Gasteiger charge is 2.27. The quantitative estimate of drug-likeness (QED) is 0.650. The average Bonchev–Trinajstić information content (AvgIpc) is 2.76. The summed E-state index contributed by atoms with van der Waals surface area (Å²) < 4.78 is 28.0. The Morgan fingerprint density at radius 1 is 1.30 bits per heavy atom. The van der Waals surface area contributed by atoms with Crippen molar-refractivity contribution in [2.45, 2.75) is 45.2 Å². The summed E-state index contributed by atoms with van der Waals surface area (Å²) in [6.45, 7) is 7.91. The van der Waals surface area contributed by atoms with Gasteiger partial charge < -0.3 is 10.1 Å². The van der Waals surface area contributed by atoms with Crippen molar-refractivity contribution < 1.29 is 13.2 Å². The molecule has 0 saturated carbocycles. The van der Waals surface area contributed by atoms with Crippen molar-refractivity contribution in [1.29, 1.82) is 0 Å². The first-order valence-corrected chi connectivity index (χ1v) is 9.51. The number of nitrogens with zero attached hydrogens (tertiary/aromatic N) is 1. The molecule has 1 heterocycles. The molecule has 6 heteroatoms. The molecule has 1 saturated heterocycles. The van der Waals surface area contributed by atoms with E-state index in [-0.39, 0.29) is 6.04 Å². The first-order chi connectivity index (χ1) is 9.52. The Bertz CT molecular complexity index is 355. The number of rotatable bonds is 10. The summed E-state index contributed by atoms with van der Waals surface area (Å²) in [6.07, 6.45) is 3.03. The normalized spacial score (nSPS) is 21.9. The van der Waals surface area contributed by atoms with Gasteiger partial charge in [0.15, 0.2) is 9.84 Å². The molecule has 1 unspecified atom stereocenters. The van der Waals surface area contributed by atoms with Crippen molar-refractivity contribution in [3.63, 3.8) is 0 Å². The molecule has 0 aromatic heterocycles. The van der Waals surface area contributed by atoms with E-state index in [0.29, 0.717) is 17.5 Å². The SMILES string of the molecule is CCC(CC)N(CCNC1CCS(=O)(=O)C1)CCOC. The molecule has 1 atom stereocenters. The number of hydrogen-bond acceptors (Lipinski definition) is 5. The van der Waals surface area contributed by atoms with E-state index < -0.39 is 9.84 Å². The molecule has 1 N–H and O–H groups in total. The van der Waals surface area contributed by atoms with Gasteiger partial charge in [0.25, 0.3) is 0 Å². The maximum atomic E-state index is 11.4. The van der Waals surface area contributed by atoms with E-state index in [4.69, 9.17) is 4.74 Å². The highest BCUT2D eigenvalue weighted by Crippen LogP contribution is 2.11. The van der Waals surface area contributed by atoms with Crippen LogP contribution in [-0.2, 0) is 14.6 Å². The van der Waals surface area contributed by atoms with Gasteiger partial charge in [-0.1, -0.05) is 13.8 Å². The van der Waals surface area contributed by atoms with Crippen LogP contribution in [-0.4, -0.2) is 70.3 Å². The van der Waals surface area contributed by atoms with Crippen molar-refractivity contribution in [3.8, 4) is 0 Å². The van der Waals surface area contributed by atoms with E-state index in [1.54, 1.807) is 7.11 Å². The lowest BCUT2D eigenvalue weighted by atomic mass is 10.1. The fourth-order valence-corrected chi connectivity index (χ4v) is 4.57. The number of methoxy groups -OCH3 is 1. The van der Waals surface area contributed by atoms with Gasteiger partial charge in [0, 0.05) is 38.8 Å². The summed E-state index contributed by atoms with van der Waals surface area (Å²) in [7, 11) is -1.05. The summed E-state index contributed by atoms with van der Waals surface area (Å²) in [6, 6.07) is 0.727. The maximum Gasteiger partial charge on any atom is 0.151 e. The summed E-state index contributed by atoms with van der Waals surface area (Å²) in [5.74, 6) is 0.640. The van der Waals surface area contributed by atoms with Crippen molar-refractivity contribution >= 4 is 9.84 Å². The van der Waals surface area contributed by atoms with Crippen LogP contribution < -0.4 is 5.32 Å². The first-order valence-electron chi connectivity index (χ1n) is 7.69. The molecule has 120 valence electrons. The van der Waals surface area contributed by atoms with Crippen molar-refractivity contribution in [3.05, 3.63) is 0 Å². The third kappa shape index (κ3) is 6.08. The number of sulfone groups is 1. The molecule has 0 aromatic rings. The topological polar surface area (TPSA) is 58.6 Å². The molecular weight excluding hydrogens is 276 g/mol. The lowest BCUT2D eigenvalue weighted by Crippen LogP contribution is -2.43. The van der Waals surface area contributed by atoms with Gasteiger partial charge in [-0.3, -0.25) is 4.90 Å². The van der Waals surface area contributed by atoms with Crippen LogP contribution in [0.4, 0.5) is 0 Å². The second-order valence-electron chi connectivity index (χ2n) is 5.55. The van der Waals surface area contributed by atoms with Crippen LogP contribution in [0.25, 0.3) is 0 Å². The van der Waals surface area contributed by atoms with Crippen LogP contribution in [0.1, 0.15) is 33.1 Å². The average molecular weight is 306 g/mol. The minimum Gasteiger partial charge on any atom is -0.383 e. The van der Waals surface area contributed by atoms with Gasteiger partial charge in [-0.05, 0) is 19.3 Å². The smallest absolute Gasteiger partial charge is 0.151 e. The van der Waals surface area contributed by atoms with E-state index in [1.807, 2.05) is 0 Å². The molecule has 1 aliphatic heterocycles. The highest BCUT2D eigenvalue weighted by atomic mass is 32.2. The molecule has 0 spiro atoms. The van der Waals surface area contributed by atoms with Crippen LogP contribution in [0.3, 0.4) is 0 Å². The largest absolute Gasteiger partial charge is 0.383 e. The minimum atomic E-state index is -2.78. The van der Waals surface area contributed by atoms with Crippen molar-refractivity contribution in [2.75, 3.05) is 44.9 Å². The number of ether oxygens (including phenoxy) is 1. The van der Waals surface area contributed by atoms with Crippen LogP contribution in [0.5, 0.6) is 0 Å². The lowest BCUT2D eigenvalue weighted by Gasteiger charge is -2.30. The van der Waals surface area contributed by atoms with Crippen molar-refractivity contribution in [1.82, 2.24) is 10.2 Å². The van der Waals surface area contributed by atoms with E-state index >= 15 is 0 Å². The molecule has 1 aliphatic rings. The molecular formula is C14H30N2O3S. The molecule has 0 bridgehead atoms. The zero-order chi connectivity index (χ0) is 15.0. The standard InChI is InChI=1S/C14H30N2O3S/c1-4-14(5-2)16(9-10-19-3)8-7-15-13-6-11-20(17,18)12-13/h13-15H,4-12H2,1-3H3. The predicted octanol–water partition coefficient (Wildman–Crippen LogP) is 0.900. The molecule has 20 heavy (non-hydrogen) atoms. The molecule has 0 amide bonds. The monoisotopic (exact) mass is 306 g/mol. The fraction of sp³-hybridized carbons (Fsp3) is 1.00. The van der Waals surface area contributed by atoms with Crippen LogP contribution in [0.2, 0.25) is 0 Å². The lowest BCUT2D eigenvalue weighted by molar-refractivity contribution is 0.115. The van der Waals surface area contributed by atoms with Crippen LogP contribution in [0.15, 0.2) is 0 Å². The zero-order valence-electron chi connectivity index (χ0n) is 13.1. The number of nitrogens with one attached hydrogen (secondary N) is 1. The third-order valence-electron chi connectivity index (χ3n) is 4.11. The summed E-state index contributed by atoms with van der Waals surface area (Å²) in [4.78, 5) is 2.44. The molecule has 0 radical (unpaired) electrons. The van der Waals surface area contributed by atoms with Crippen LogP contribution >= 0.6 is 0 Å². The Kier molecular flexibility index (Phi) is 8.02. The minimum absolute atomic E-state index is 0.144. The maximum absolute atomic E-state index is 11.4. The third-order valence-corrected chi connectivity index (χ3v) is 5.87. The summed E-state index contributed by atoms with van der Waals surface area (Å²) in [5.41, 5.74) is 0. The zero-order valence-corrected chi connectivity index (χ0v) is 13.9. The van der Waals surface area contributed by atoms with Gasteiger partial charge in [0.1, 0.15) is 0 Å². The molecule has 5 nitrogen and oxygen atoms in total. The van der Waals surface area contributed by atoms with Gasteiger partial charge >= 0.3 is 0 Å². The van der Waals surface area contributed by atoms with E-state index in [1.165, 1.54) is 0 Å². The summed E-state index contributed by atoms with van der Waals surface area (Å²) in [5, 5.41) is 3.39. The molecule has 1 fully saturated rings. The Balaban J connectivity index is 2.34. The second kappa shape index (κ2) is 8.97. The molecule has 1 rings (SSSR count). The van der Waals surface area contributed by atoms with Crippen LogP contribution in [0, 0.1) is 0 Å². The summed E-state index contributed by atoms with van der Waals surface area (Å²) >= 11 is 0. The predicted molar refractivity (Wildman–Crippen MR) is 82.9 cm³/mol.